The van der Waals surface area contributed by atoms with Crippen molar-refractivity contribution in [1.82, 2.24) is 9.97 Å². The summed E-state index contributed by atoms with van der Waals surface area (Å²) in [5.74, 6) is 1.51. The van der Waals surface area contributed by atoms with Crippen LogP contribution >= 0.6 is 22.6 Å². The van der Waals surface area contributed by atoms with Gasteiger partial charge in [-0.3, -0.25) is 0 Å². The molecule has 0 saturated heterocycles. The highest BCUT2D eigenvalue weighted by atomic mass is 127. The summed E-state index contributed by atoms with van der Waals surface area (Å²) in [6.45, 7) is 1.18. The Morgan fingerprint density at radius 3 is 2.50 bits per heavy atom. The van der Waals surface area contributed by atoms with Crippen LogP contribution in [0.4, 0.5) is 0 Å². The number of rotatable bonds is 6. The van der Waals surface area contributed by atoms with Gasteiger partial charge >= 0.3 is 0 Å². The molecule has 1 aromatic heterocycles. The highest BCUT2D eigenvalue weighted by Crippen LogP contribution is 2.20. The molecule has 0 bridgehead atoms. The highest BCUT2D eigenvalue weighted by molar-refractivity contribution is 14.1. The van der Waals surface area contributed by atoms with Gasteiger partial charge in [0.1, 0.15) is 12.1 Å². The molecule has 0 aliphatic heterocycles. The predicted molar refractivity (Wildman–Crippen MR) is 94.3 cm³/mol. The van der Waals surface area contributed by atoms with Crippen LogP contribution in [0.15, 0.2) is 54.9 Å². The van der Waals surface area contributed by atoms with Crippen LogP contribution in [0.25, 0.3) is 10.9 Å². The molecule has 112 valence electrons. The van der Waals surface area contributed by atoms with Crippen LogP contribution in [0.5, 0.6) is 11.6 Å². The lowest BCUT2D eigenvalue weighted by molar-refractivity contribution is 0.244. The first-order valence-corrected chi connectivity index (χ1v) is 8.12. The lowest BCUT2D eigenvalue weighted by Crippen LogP contribution is -2.06. The van der Waals surface area contributed by atoms with Gasteiger partial charge in [0, 0.05) is 9.99 Å². The zero-order valence-corrected chi connectivity index (χ0v) is 14.1. The molecule has 5 heteroatoms. The Morgan fingerprint density at radius 2 is 1.64 bits per heavy atom. The first-order chi connectivity index (χ1) is 10.8. The van der Waals surface area contributed by atoms with Gasteiger partial charge in [-0.15, -0.1) is 0 Å². The topological polar surface area (TPSA) is 44.2 Å². The molecule has 1 heterocycles. The number of hydrogen-bond donors (Lipinski definition) is 0. The van der Waals surface area contributed by atoms with Gasteiger partial charge in [-0.25, -0.2) is 9.97 Å². The molecule has 0 spiro atoms. The molecule has 0 atom stereocenters. The Labute approximate surface area is 142 Å². The maximum atomic E-state index is 5.74. The zero-order valence-electron chi connectivity index (χ0n) is 11.9. The highest BCUT2D eigenvalue weighted by Gasteiger charge is 2.03. The molecular formula is C17H15IN2O2. The van der Waals surface area contributed by atoms with Crippen molar-refractivity contribution in [2.75, 3.05) is 13.2 Å². The van der Waals surface area contributed by atoms with E-state index >= 15 is 0 Å². The maximum Gasteiger partial charge on any atom is 0.224 e. The van der Waals surface area contributed by atoms with E-state index < -0.39 is 0 Å². The van der Waals surface area contributed by atoms with Crippen molar-refractivity contribution in [2.24, 2.45) is 0 Å². The molecule has 3 aromatic rings. The number of ether oxygens (including phenoxy) is 2. The molecular weight excluding hydrogens is 391 g/mol. The summed E-state index contributed by atoms with van der Waals surface area (Å²) in [5.41, 5.74) is 0.891. The summed E-state index contributed by atoms with van der Waals surface area (Å²) in [5, 5.41) is 0.934. The average Bonchev–Trinajstić information content (AvgIpc) is 2.56. The molecule has 0 N–H and O–H groups in total. The SMILES string of the molecule is Ic1ccc(OCCCOc2ncnc3ccccc23)cc1. The normalized spacial score (nSPS) is 10.6. The van der Waals surface area contributed by atoms with Crippen molar-refractivity contribution in [3.05, 3.63) is 58.4 Å². The lowest BCUT2D eigenvalue weighted by Gasteiger charge is -2.09. The first kappa shape index (κ1) is 15.0. The molecule has 0 radical (unpaired) electrons. The second-order valence-corrected chi connectivity index (χ2v) is 5.95. The Hall–Kier alpha value is -1.89. The number of benzene rings is 2. The van der Waals surface area contributed by atoms with Crippen LogP contribution in [-0.4, -0.2) is 23.2 Å². The number of hydrogen-bond acceptors (Lipinski definition) is 4. The summed E-state index contributed by atoms with van der Waals surface area (Å²) < 4.78 is 12.6. The van der Waals surface area contributed by atoms with Crippen molar-refractivity contribution >= 4 is 33.5 Å². The minimum atomic E-state index is 0.561. The van der Waals surface area contributed by atoms with E-state index in [0.717, 1.165) is 23.1 Å². The molecule has 0 amide bonds. The minimum Gasteiger partial charge on any atom is -0.493 e. The molecule has 0 unspecified atom stereocenters. The molecule has 0 fully saturated rings. The quantitative estimate of drug-likeness (QED) is 0.457. The average molecular weight is 406 g/mol. The molecule has 0 saturated carbocycles. The van der Waals surface area contributed by atoms with Crippen molar-refractivity contribution in [1.29, 1.82) is 0 Å². The Balaban J connectivity index is 1.49. The van der Waals surface area contributed by atoms with Gasteiger partial charge in [0.25, 0.3) is 0 Å². The number of para-hydroxylation sites is 1. The van der Waals surface area contributed by atoms with E-state index in [1.54, 1.807) is 0 Å². The largest absolute Gasteiger partial charge is 0.493 e. The zero-order chi connectivity index (χ0) is 15.2. The Kier molecular flexibility index (Phi) is 5.05. The molecule has 3 rings (SSSR count). The fourth-order valence-corrected chi connectivity index (χ4v) is 2.40. The van der Waals surface area contributed by atoms with Crippen LogP contribution in [0.2, 0.25) is 0 Å². The van der Waals surface area contributed by atoms with E-state index in [9.17, 15) is 0 Å². The van der Waals surface area contributed by atoms with Crippen molar-refractivity contribution in [2.45, 2.75) is 6.42 Å². The predicted octanol–water partition coefficient (Wildman–Crippen LogP) is 4.08. The summed E-state index contributed by atoms with van der Waals surface area (Å²) in [6.07, 6.45) is 2.32. The van der Waals surface area contributed by atoms with Gasteiger partial charge in [0.05, 0.1) is 24.1 Å². The van der Waals surface area contributed by atoms with Crippen LogP contribution < -0.4 is 9.47 Å². The van der Waals surface area contributed by atoms with Gasteiger partial charge in [-0.1, -0.05) is 12.1 Å². The summed E-state index contributed by atoms with van der Waals surface area (Å²) in [6, 6.07) is 15.8. The van der Waals surface area contributed by atoms with Crippen LogP contribution in [0.3, 0.4) is 0 Å². The van der Waals surface area contributed by atoms with E-state index in [1.165, 1.54) is 9.90 Å². The van der Waals surface area contributed by atoms with Gasteiger partial charge in [-0.2, -0.15) is 0 Å². The molecule has 22 heavy (non-hydrogen) atoms. The van der Waals surface area contributed by atoms with E-state index in [2.05, 4.69) is 32.6 Å². The van der Waals surface area contributed by atoms with Gasteiger partial charge in [-0.05, 0) is 59.0 Å². The molecule has 2 aromatic carbocycles. The fourth-order valence-electron chi connectivity index (χ4n) is 2.04. The fraction of sp³-hybridized carbons (Fsp3) is 0.176. The second kappa shape index (κ2) is 7.40. The molecule has 4 nitrogen and oxygen atoms in total. The van der Waals surface area contributed by atoms with Crippen LogP contribution in [-0.2, 0) is 0 Å². The number of nitrogens with zero attached hydrogens (tertiary/aromatic N) is 2. The van der Waals surface area contributed by atoms with Gasteiger partial charge in [0.15, 0.2) is 0 Å². The number of fused-ring (bicyclic) bond motifs is 1. The van der Waals surface area contributed by atoms with Crippen molar-refractivity contribution in [3.8, 4) is 11.6 Å². The summed E-state index contributed by atoms with van der Waals surface area (Å²) in [7, 11) is 0. The Bertz CT molecular complexity index is 742. The van der Waals surface area contributed by atoms with Gasteiger partial charge in [0.2, 0.25) is 5.88 Å². The smallest absolute Gasteiger partial charge is 0.224 e. The van der Waals surface area contributed by atoms with Crippen LogP contribution in [0, 0.1) is 3.57 Å². The van der Waals surface area contributed by atoms with Gasteiger partial charge < -0.3 is 9.47 Å². The maximum absolute atomic E-state index is 5.74. The molecule has 0 aliphatic carbocycles. The third kappa shape index (κ3) is 3.85. The summed E-state index contributed by atoms with van der Waals surface area (Å²) in [4.78, 5) is 8.41. The van der Waals surface area contributed by atoms with E-state index in [4.69, 9.17) is 9.47 Å². The van der Waals surface area contributed by atoms with E-state index in [0.29, 0.717) is 19.1 Å². The Morgan fingerprint density at radius 1 is 0.864 bits per heavy atom. The number of aromatic nitrogens is 2. The third-order valence-corrected chi connectivity index (χ3v) is 3.84. The van der Waals surface area contributed by atoms with Crippen molar-refractivity contribution in [3.63, 3.8) is 0 Å². The van der Waals surface area contributed by atoms with Crippen molar-refractivity contribution < 1.29 is 9.47 Å². The standard InChI is InChI=1S/C17H15IN2O2/c18-13-6-8-14(9-7-13)21-10-3-11-22-17-15-4-1-2-5-16(15)19-12-20-17/h1-2,4-9,12H,3,10-11H2. The third-order valence-electron chi connectivity index (χ3n) is 3.12. The van der Waals surface area contributed by atoms with Crippen LogP contribution in [0.1, 0.15) is 6.42 Å². The van der Waals surface area contributed by atoms with E-state index in [1.807, 2.05) is 48.5 Å². The first-order valence-electron chi connectivity index (χ1n) is 7.04. The monoisotopic (exact) mass is 406 g/mol. The minimum absolute atomic E-state index is 0.561. The lowest BCUT2D eigenvalue weighted by atomic mass is 10.2. The second-order valence-electron chi connectivity index (χ2n) is 4.70. The summed E-state index contributed by atoms with van der Waals surface area (Å²) >= 11 is 2.27. The molecule has 0 aliphatic rings. The van der Waals surface area contributed by atoms with E-state index in [-0.39, 0.29) is 0 Å². The number of halogens is 1.